The molecule has 4 heterocycles. The standard InChI is InChI=1S/C28H31ClFN3O3/c1-18-15-33(16-21-10-13-34-21)26(31-18)17-32-11-8-19(9-12-32)22-4-3-5-25-27(22)36-28(2,35-25)23-7-6-20(29)14-24(23)30/h3-7,14-15,19,21H,8-13,16-17H2,1-2H3/t21-,28-/m0/s1. The zero-order chi connectivity index (χ0) is 24.9. The van der Waals surface area contributed by atoms with Crippen molar-refractivity contribution in [2.75, 3.05) is 19.7 Å². The van der Waals surface area contributed by atoms with Crippen molar-refractivity contribution >= 4 is 11.6 Å². The summed E-state index contributed by atoms with van der Waals surface area (Å²) in [4.78, 5) is 7.26. The van der Waals surface area contributed by atoms with E-state index in [2.05, 4.69) is 28.7 Å². The van der Waals surface area contributed by atoms with Crippen molar-refractivity contribution in [3.63, 3.8) is 0 Å². The summed E-state index contributed by atoms with van der Waals surface area (Å²) in [6, 6.07) is 10.6. The van der Waals surface area contributed by atoms with Crippen molar-refractivity contribution in [2.45, 2.75) is 64.0 Å². The first-order valence-corrected chi connectivity index (χ1v) is 13.1. The number of aryl methyl sites for hydroxylation is 1. The third-order valence-electron chi connectivity index (χ3n) is 7.60. The fourth-order valence-electron chi connectivity index (χ4n) is 5.57. The molecule has 2 fully saturated rings. The third-order valence-corrected chi connectivity index (χ3v) is 7.83. The van der Waals surface area contributed by atoms with Gasteiger partial charge < -0.3 is 18.8 Å². The van der Waals surface area contributed by atoms with E-state index in [0.29, 0.717) is 28.4 Å². The molecule has 0 radical (unpaired) electrons. The number of benzene rings is 2. The summed E-state index contributed by atoms with van der Waals surface area (Å²) >= 11 is 5.95. The fraction of sp³-hybridized carbons (Fsp3) is 0.464. The first kappa shape index (κ1) is 23.8. The highest BCUT2D eigenvalue weighted by atomic mass is 35.5. The number of rotatable bonds is 6. The van der Waals surface area contributed by atoms with Gasteiger partial charge in [0.15, 0.2) is 11.5 Å². The zero-order valence-electron chi connectivity index (χ0n) is 20.7. The van der Waals surface area contributed by atoms with E-state index in [0.717, 1.165) is 74.9 Å². The van der Waals surface area contributed by atoms with Gasteiger partial charge >= 0.3 is 0 Å². The maximum atomic E-state index is 14.7. The molecule has 1 aromatic heterocycles. The Kier molecular flexibility index (Phi) is 6.18. The minimum atomic E-state index is -1.23. The van der Waals surface area contributed by atoms with Gasteiger partial charge in [0.1, 0.15) is 11.6 Å². The number of imidazole rings is 1. The summed E-state index contributed by atoms with van der Waals surface area (Å²) in [6.07, 6.45) is 5.60. The maximum absolute atomic E-state index is 14.7. The van der Waals surface area contributed by atoms with Gasteiger partial charge in [-0.1, -0.05) is 23.7 Å². The molecule has 0 bridgehead atoms. The van der Waals surface area contributed by atoms with E-state index in [9.17, 15) is 4.39 Å². The number of piperidine rings is 1. The highest BCUT2D eigenvalue weighted by Crippen LogP contribution is 2.49. The number of halogens is 2. The molecule has 3 aliphatic rings. The molecule has 2 saturated heterocycles. The molecule has 0 unspecified atom stereocenters. The Morgan fingerprint density at radius 1 is 1.14 bits per heavy atom. The molecule has 2 aromatic carbocycles. The Bertz CT molecular complexity index is 1270. The van der Waals surface area contributed by atoms with Gasteiger partial charge in [0, 0.05) is 30.3 Å². The van der Waals surface area contributed by atoms with Crippen LogP contribution in [0.1, 0.15) is 54.7 Å². The van der Waals surface area contributed by atoms with Gasteiger partial charge in [-0.25, -0.2) is 9.37 Å². The van der Waals surface area contributed by atoms with E-state index in [4.69, 9.17) is 30.8 Å². The second-order valence-electron chi connectivity index (χ2n) is 10.2. The Morgan fingerprint density at radius 2 is 1.94 bits per heavy atom. The quantitative estimate of drug-likeness (QED) is 0.419. The number of nitrogens with zero attached hydrogens (tertiary/aromatic N) is 3. The summed E-state index contributed by atoms with van der Waals surface area (Å²) in [5.41, 5.74) is 2.52. The number of likely N-dealkylation sites (tertiary alicyclic amines) is 1. The molecule has 3 aliphatic heterocycles. The summed E-state index contributed by atoms with van der Waals surface area (Å²) in [5, 5.41) is 0.344. The highest BCUT2D eigenvalue weighted by Gasteiger charge is 2.43. The molecule has 190 valence electrons. The molecule has 0 spiro atoms. The van der Waals surface area contributed by atoms with E-state index >= 15 is 0 Å². The number of hydrogen-bond donors (Lipinski definition) is 0. The number of aromatic nitrogens is 2. The van der Waals surface area contributed by atoms with Crippen LogP contribution in [0.4, 0.5) is 4.39 Å². The summed E-state index contributed by atoms with van der Waals surface area (Å²) in [7, 11) is 0. The van der Waals surface area contributed by atoms with E-state index in [1.165, 1.54) is 6.07 Å². The van der Waals surface area contributed by atoms with Gasteiger partial charge in [-0.15, -0.1) is 0 Å². The smallest absolute Gasteiger partial charge is 0.278 e. The van der Waals surface area contributed by atoms with Crippen LogP contribution in [-0.4, -0.2) is 40.3 Å². The van der Waals surface area contributed by atoms with E-state index in [1.54, 1.807) is 19.1 Å². The second kappa shape index (κ2) is 9.36. The SMILES string of the molecule is Cc1cn(C[C@@H]2CCO2)c(CN2CCC(c3cccc4c3O[C@@](C)(c3ccc(Cl)cc3F)O4)CC2)n1. The number of ether oxygens (including phenoxy) is 3. The van der Waals surface area contributed by atoms with Crippen LogP contribution in [-0.2, 0) is 23.6 Å². The van der Waals surface area contributed by atoms with Crippen LogP contribution in [0.2, 0.25) is 5.02 Å². The maximum Gasteiger partial charge on any atom is 0.278 e. The van der Waals surface area contributed by atoms with Crippen molar-refractivity contribution in [1.82, 2.24) is 14.5 Å². The number of fused-ring (bicyclic) bond motifs is 1. The average Bonchev–Trinajstić information content (AvgIpc) is 3.35. The van der Waals surface area contributed by atoms with Gasteiger partial charge in [-0.2, -0.15) is 0 Å². The first-order chi connectivity index (χ1) is 17.4. The van der Waals surface area contributed by atoms with E-state index in [1.807, 2.05) is 12.1 Å². The minimum Gasteiger partial charge on any atom is -0.444 e. The van der Waals surface area contributed by atoms with Crippen molar-refractivity contribution in [3.8, 4) is 11.5 Å². The Labute approximate surface area is 215 Å². The van der Waals surface area contributed by atoms with Gasteiger partial charge in [-0.05, 0) is 69.5 Å². The molecule has 0 N–H and O–H groups in total. The van der Waals surface area contributed by atoms with Crippen LogP contribution in [0.25, 0.3) is 0 Å². The average molecular weight is 512 g/mol. The lowest BCUT2D eigenvalue weighted by Crippen LogP contribution is -2.35. The molecule has 0 aliphatic carbocycles. The monoisotopic (exact) mass is 511 g/mol. The van der Waals surface area contributed by atoms with E-state index in [-0.39, 0.29) is 0 Å². The van der Waals surface area contributed by atoms with Crippen LogP contribution in [0.5, 0.6) is 11.5 Å². The number of para-hydroxylation sites is 1. The van der Waals surface area contributed by atoms with Crippen molar-refractivity contribution < 1.29 is 18.6 Å². The molecular formula is C28H31ClFN3O3. The summed E-state index contributed by atoms with van der Waals surface area (Å²) in [6.45, 7) is 8.35. The van der Waals surface area contributed by atoms with Crippen molar-refractivity contribution in [3.05, 3.63) is 76.1 Å². The molecule has 3 aromatic rings. The fourth-order valence-corrected chi connectivity index (χ4v) is 5.73. The highest BCUT2D eigenvalue weighted by molar-refractivity contribution is 6.30. The molecule has 0 amide bonds. The zero-order valence-corrected chi connectivity index (χ0v) is 21.4. The Balaban J connectivity index is 1.14. The van der Waals surface area contributed by atoms with Gasteiger partial charge in [0.25, 0.3) is 5.79 Å². The molecule has 6 nitrogen and oxygen atoms in total. The van der Waals surface area contributed by atoms with Gasteiger partial charge in [0.2, 0.25) is 0 Å². The molecule has 0 saturated carbocycles. The molecule has 36 heavy (non-hydrogen) atoms. The second-order valence-corrected chi connectivity index (χ2v) is 10.7. The lowest BCUT2D eigenvalue weighted by Gasteiger charge is -2.33. The largest absolute Gasteiger partial charge is 0.444 e. The first-order valence-electron chi connectivity index (χ1n) is 12.7. The molecular weight excluding hydrogens is 481 g/mol. The van der Waals surface area contributed by atoms with Crippen molar-refractivity contribution in [1.29, 1.82) is 0 Å². The third kappa shape index (κ3) is 4.49. The summed E-state index contributed by atoms with van der Waals surface area (Å²) < 4.78 is 35.1. The minimum absolute atomic E-state index is 0.317. The normalized spacial score (nSPS) is 24.2. The van der Waals surface area contributed by atoms with Crippen molar-refractivity contribution in [2.24, 2.45) is 0 Å². The predicted octanol–water partition coefficient (Wildman–Crippen LogP) is 5.80. The summed E-state index contributed by atoms with van der Waals surface area (Å²) in [5.74, 6) is 1.17. The van der Waals surface area contributed by atoms with Crippen LogP contribution in [0.3, 0.4) is 0 Å². The Morgan fingerprint density at radius 3 is 2.67 bits per heavy atom. The van der Waals surface area contributed by atoms with E-state index < -0.39 is 11.6 Å². The molecule has 6 rings (SSSR count). The topological polar surface area (TPSA) is 48.8 Å². The predicted molar refractivity (Wildman–Crippen MR) is 135 cm³/mol. The van der Waals surface area contributed by atoms with Crippen LogP contribution in [0.15, 0.2) is 42.6 Å². The molecule has 8 heteroatoms. The van der Waals surface area contributed by atoms with Crippen LogP contribution >= 0.6 is 11.6 Å². The number of hydrogen-bond acceptors (Lipinski definition) is 5. The molecule has 2 atom stereocenters. The lowest BCUT2D eigenvalue weighted by molar-refractivity contribution is -0.0712. The Hall–Kier alpha value is -2.61. The van der Waals surface area contributed by atoms with Crippen LogP contribution in [0, 0.1) is 12.7 Å². The van der Waals surface area contributed by atoms with Crippen LogP contribution < -0.4 is 9.47 Å². The van der Waals surface area contributed by atoms with Gasteiger partial charge in [-0.3, -0.25) is 4.90 Å². The lowest BCUT2D eigenvalue weighted by atomic mass is 9.88. The van der Waals surface area contributed by atoms with Gasteiger partial charge in [0.05, 0.1) is 30.5 Å².